The zero-order valence-electron chi connectivity index (χ0n) is 11.9. The van der Waals surface area contributed by atoms with Crippen molar-refractivity contribution in [3.63, 3.8) is 0 Å². The standard InChI is InChI=1S/C16H22N2O.ClH/c1-3-9-18(12-14-7-5-4-6-8-14)16(19)13(2)15-10-17-11-15;/h3-8,13,15,17H,1,9-12H2,2H3;1H. The highest BCUT2D eigenvalue weighted by molar-refractivity contribution is 5.85. The molecule has 0 saturated carbocycles. The molecule has 1 aromatic carbocycles. The van der Waals surface area contributed by atoms with Crippen molar-refractivity contribution in [2.75, 3.05) is 19.6 Å². The molecule has 0 bridgehead atoms. The van der Waals surface area contributed by atoms with Crippen molar-refractivity contribution in [2.24, 2.45) is 11.8 Å². The van der Waals surface area contributed by atoms with Gasteiger partial charge >= 0.3 is 0 Å². The lowest BCUT2D eigenvalue weighted by Crippen LogP contribution is -2.50. The topological polar surface area (TPSA) is 32.3 Å². The van der Waals surface area contributed by atoms with Crippen LogP contribution in [-0.2, 0) is 11.3 Å². The van der Waals surface area contributed by atoms with Gasteiger partial charge in [0.1, 0.15) is 0 Å². The van der Waals surface area contributed by atoms with E-state index >= 15 is 0 Å². The summed E-state index contributed by atoms with van der Waals surface area (Å²) in [5.41, 5.74) is 1.16. The Bertz CT molecular complexity index is 431. The lowest BCUT2D eigenvalue weighted by molar-refractivity contribution is -0.137. The number of hydrogen-bond acceptors (Lipinski definition) is 2. The van der Waals surface area contributed by atoms with Crippen molar-refractivity contribution < 1.29 is 4.79 Å². The molecule has 20 heavy (non-hydrogen) atoms. The predicted octanol–water partition coefficient (Wildman–Crippen LogP) is 2.48. The minimum atomic E-state index is 0. The molecule has 1 atom stereocenters. The lowest BCUT2D eigenvalue weighted by Gasteiger charge is -2.34. The molecule has 1 unspecified atom stereocenters. The van der Waals surface area contributed by atoms with Gasteiger partial charge in [0.05, 0.1) is 0 Å². The van der Waals surface area contributed by atoms with Gasteiger partial charge in [-0.25, -0.2) is 0 Å². The van der Waals surface area contributed by atoms with Crippen molar-refractivity contribution in [1.82, 2.24) is 10.2 Å². The molecule has 0 aromatic heterocycles. The SMILES string of the molecule is C=CCN(Cc1ccccc1)C(=O)C(C)C1CNC1.Cl. The Morgan fingerprint density at radius 2 is 2.10 bits per heavy atom. The van der Waals surface area contributed by atoms with E-state index in [0.29, 0.717) is 19.0 Å². The van der Waals surface area contributed by atoms with E-state index in [-0.39, 0.29) is 24.2 Å². The fourth-order valence-corrected chi connectivity index (χ4v) is 2.35. The lowest BCUT2D eigenvalue weighted by atomic mass is 9.88. The summed E-state index contributed by atoms with van der Waals surface area (Å²) in [6.07, 6.45) is 1.80. The third-order valence-electron chi connectivity index (χ3n) is 3.79. The maximum Gasteiger partial charge on any atom is 0.226 e. The highest BCUT2D eigenvalue weighted by Crippen LogP contribution is 2.19. The van der Waals surface area contributed by atoms with E-state index in [2.05, 4.69) is 24.0 Å². The number of carbonyl (C=O) groups excluding carboxylic acids is 1. The fourth-order valence-electron chi connectivity index (χ4n) is 2.35. The highest BCUT2D eigenvalue weighted by atomic mass is 35.5. The quantitative estimate of drug-likeness (QED) is 0.818. The van der Waals surface area contributed by atoms with E-state index in [9.17, 15) is 4.79 Å². The van der Waals surface area contributed by atoms with Crippen LogP contribution in [0, 0.1) is 11.8 Å². The molecule has 1 aromatic rings. The second-order valence-corrected chi connectivity index (χ2v) is 5.20. The number of rotatable bonds is 6. The average Bonchev–Trinajstić information content (AvgIpc) is 2.36. The Kier molecular flexibility index (Phi) is 6.76. The first-order valence-electron chi connectivity index (χ1n) is 6.86. The van der Waals surface area contributed by atoms with Crippen molar-refractivity contribution in [1.29, 1.82) is 0 Å². The van der Waals surface area contributed by atoms with Gasteiger partial charge in [0.15, 0.2) is 0 Å². The van der Waals surface area contributed by atoms with Gasteiger partial charge in [-0.1, -0.05) is 43.3 Å². The molecule has 4 heteroatoms. The van der Waals surface area contributed by atoms with Crippen LogP contribution in [0.1, 0.15) is 12.5 Å². The minimum Gasteiger partial charge on any atom is -0.334 e. The van der Waals surface area contributed by atoms with E-state index in [1.165, 1.54) is 0 Å². The second-order valence-electron chi connectivity index (χ2n) is 5.20. The first kappa shape index (κ1) is 16.7. The van der Waals surface area contributed by atoms with Crippen LogP contribution >= 0.6 is 12.4 Å². The largest absolute Gasteiger partial charge is 0.334 e. The monoisotopic (exact) mass is 294 g/mol. The number of nitrogens with zero attached hydrogens (tertiary/aromatic N) is 1. The van der Waals surface area contributed by atoms with Gasteiger partial charge in [0.25, 0.3) is 0 Å². The molecule has 1 saturated heterocycles. The van der Waals surface area contributed by atoms with Crippen LogP contribution in [0.3, 0.4) is 0 Å². The molecule has 0 radical (unpaired) electrons. The van der Waals surface area contributed by atoms with Crippen LogP contribution in [0.15, 0.2) is 43.0 Å². The summed E-state index contributed by atoms with van der Waals surface area (Å²) in [7, 11) is 0. The molecule has 1 N–H and O–H groups in total. The van der Waals surface area contributed by atoms with E-state index in [1.54, 1.807) is 6.08 Å². The van der Waals surface area contributed by atoms with Gasteiger partial charge in [-0.15, -0.1) is 19.0 Å². The van der Waals surface area contributed by atoms with Gasteiger partial charge < -0.3 is 10.2 Å². The van der Waals surface area contributed by atoms with Crippen molar-refractivity contribution >= 4 is 18.3 Å². The summed E-state index contributed by atoms with van der Waals surface area (Å²) in [6.45, 7) is 8.98. The van der Waals surface area contributed by atoms with E-state index in [1.807, 2.05) is 30.0 Å². The van der Waals surface area contributed by atoms with Crippen molar-refractivity contribution in [3.05, 3.63) is 48.6 Å². The van der Waals surface area contributed by atoms with Crippen LogP contribution in [-0.4, -0.2) is 30.4 Å². The normalized spacial score (nSPS) is 15.7. The minimum absolute atomic E-state index is 0. The molecule has 1 amide bonds. The Morgan fingerprint density at radius 1 is 1.45 bits per heavy atom. The summed E-state index contributed by atoms with van der Waals surface area (Å²) in [4.78, 5) is 14.4. The Labute approximate surface area is 127 Å². The number of hydrogen-bond donors (Lipinski definition) is 1. The molecule has 1 fully saturated rings. The van der Waals surface area contributed by atoms with E-state index in [0.717, 1.165) is 18.7 Å². The van der Waals surface area contributed by atoms with Gasteiger partial charge in [-0.2, -0.15) is 0 Å². The average molecular weight is 295 g/mol. The number of carbonyl (C=O) groups is 1. The fraction of sp³-hybridized carbons (Fsp3) is 0.438. The molecule has 2 rings (SSSR count). The Hall–Kier alpha value is -1.32. The van der Waals surface area contributed by atoms with Crippen molar-refractivity contribution in [2.45, 2.75) is 13.5 Å². The summed E-state index contributed by atoms with van der Waals surface area (Å²) < 4.78 is 0. The summed E-state index contributed by atoms with van der Waals surface area (Å²) >= 11 is 0. The number of benzene rings is 1. The third-order valence-corrected chi connectivity index (χ3v) is 3.79. The highest BCUT2D eigenvalue weighted by Gasteiger charge is 2.31. The van der Waals surface area contributed by atoms with Crippen molar-refractivity contribution in [3.8, 4) is 0 Å². The molecule has 1 aliphatic rings. The molecular formula is C16H23ClN2O. The summed E-state index contributed by atoms with van der Waals surface area (Å²) in [5.74, 6) is 0.802. The van der Waals surface area contributed by atoms with E-state index < -0.39 is 0 Å². The summed E-state index contributed by atoms with van der Waals surface area (Å²) in [5, 5.41) is 3.23. The number of nitrogens with one attached hydrogen (secondary N) is 1. The first-order valence-corrected chi connectivity index (χ1v) is 6.86. The Balaban J connectivity index is 0.00000200. The van der Waals surface area contributed by atoms with E-state index in [4.69, 9.17) is 0 Å². The summed E-state index contributed by atoms with van der Waals surface area (Å²) in [6, 6.07) is 10.1. The molecule has 0 aliphatic carbocycles. The molecule has 110 valence electrons. The maximum atomic E-state index is 12.5. The van der Waals surface area contributed by atoms with Gasteiger partial charge in [0.2, 0.25) is 5.91 Å². The first-order chi connectivity index (χ1) is 9.22. The second kappa shape index (κ2) is 8.08. The smallest absolute Gasteiger partial charge is 0.226 e. The van der Waals surface area contributed by atoms with Crippen LogP contribution in [0.4, 0.5) is 0 Å². The number of amides is 1. The van der Waals surface area contributed by atoms with Crippen LogP contribution in [0.25, 0.3) is 0 Å². The molecule has 3 nitrogen and oxygen atoms in total. The Morgan fingerprint density at radius 3 is 2.60 bits per heavy atom. The predicted molar refractivity (Wildman–Crippen MR) is 84.8 cm³/mol. The molecule has 1 heterocycles. The van der Waals surface area contributed by atoms with Gasteiger partial charge in [-0.3, -0.25) is 4.79 Å². The third kappa shape index (κ3) is 4.09. The number of halogens is 1. The molecular weight excluding hydrogens is 272 g/mol. The zero-order chi connectivity index (χ0) is 13.7. The van der Waals surface area contributed by atoms with Gasteiger partial charge in [-0.05, 0) is 24.6 Å². The van der Waals surface area contributed by atoms with Crippen LogP contribution in [0.2, 0.25) is 0 Å². The van der Waals surface area contributed by atoms with Crippen LogP contribution < -0.4 is 5.32 Å². The molecule has 1 aliphatic heterocycles. The zero-order valence-corrected chi connectivity index (χ0v) is 12.7. The maximum absolute atomic E-state index is 12.5. The molecule has 0 spiro atoms. The van der Waals surface area contributed by atoms with Crippen LogP contribution in [0.5, 0.6) is 0 Å². The van der Waals surface area contributed by atoms with Gasteiger partial charge in [0, 0.05) is 19.0 Å².